The van der Waals surface area contributed by atoms with Crippen LogP contribution in [-0.2, 0) is 12.0 Å². The van der Waals surface area contributed by atoms with Crippen LogP contribution in [0.1, 0.15) is 38.9 Å². The molecule has 1 aromatic rings. The Balaban J connectivity index is 1.94. The number of likely N-dealkylation sites (tertiary alicyclic amines) is 1. The van der Waals surface area contributed by atoms with Gasteiger partial charge in [0.15, 0.2) is 5.82 Å². The first-order valence-corrected chi connectivity index (χ1v) is 6.24. The van der Waals surface area contributed by atoms with Gasteiger partial charge in [-0.3, -0.25) is 4.90 Å². The summed E-state index contributed by atoms with van der Waals surface area (Å²) in [5.41, 5.74) is 5.60. The molecule has 0 amide bonds. The van der Waals surface area contributed by atoms with E-state index in [4.69, 9.17) is 10.3 Å². The second-order valence-electron chi connectivity index (χ2n) is 5.89. The molecular weight excluding hydrogens is 216 g/mol. The van der Waals surface area contributed by atoms with Gasteiger partial charge in [0.2, 0.25) is 5.89 Å². The highest BCUT2D eigenvalue weighted by Crippen LogP contribution is 2.21. The number of hydrogen-bond donors (Lipinski definition) is 1. The zero-order chi connectivity index (χ0) is 12.5. The van der Waals surface area contributed by atoms with Gasteiger partial charge < -0.3 is 10.3 Å². The Labute approximate surface area is 102 Å². The monoisotopic (exact) mass is 238 g/mol. The second-order valence-corrected chi connectivity index (χ2v) is 5.89. The SMILES string of the molecule is CC(C)(C)c1nc(CN2CCC(CN)C2)no1. The molecular formula is C12H22N4O. The molecule has 96 valence electrons. The zero-order valence-corrected chi connectivity index (χ0v) is 10.9. The quantitative estimate of drug-likeness (QED) is 0.855. The maximum absolute atomic E-state index is 5.67. The molecule has 5 heteroatoms. The predicted octanol–water partition coefficient (Wildman–Crippen LogP) is 1.15. The van der Waals surface area contributed by atoms with Gasteiger partial charge in [-0.1, -0.05) is 25.9 Å². The van der Waals surface area contributed by atoms with Gasteiger partial charge in [-0.05, 0) is 25.4 Å². The molecule has 0 spiro atoms. The van der Waals surface area contributed by atoms with E-state index in [1.807, 2.05) is 0 Å². The fourth-order valence-electron chi connectivity index (χ4n) is 2.07. The Hall–Kier alpha value is -0.940. The van der Waals surface area contributed by atoms with Gasteiger partial charge in [-0.15, -0.1) is 0 Å². The summed E-state index contributed by atoms with van der Waals surface area (Å²) < 4.78 is 5.28. The Morgan fingerprint density at radius 3 is 2.76 bits per heavy atom. The van der Waals surface area contributed by atoms with Crippen LogP contribution in [-0.4, -0.2) is 34.7 Å². The van der Waals surface area contributed by atoms with E-state index < -0.39 is 0 Å². The normalized spacial score (nSPS) is 22.2. The lowest BCUT2D eigenvalue weighted by molar-refractivity contribution is 0.292. The van der Waals surface area contributed by atoms with E-state index in [0.29, 0.717) is 11.8 Å². The summed E-state index contributed by atoms with van der Waals surface area (Å²) in [7, 11) is 0. The predicted molar refractivity (Wildman–Crippen MR) is 65.4 cm³/mol. The van der Waals surface area contributed by atoms with Crippen molar-refractivity contribution in [2.45, 2.75) is 39.2 Å². The molecule has 0 saturated carbocycles. The van der Waals surface area contributed by atoms with E-state index in [1.165, 1.54) is 6.42 Å². The minimum Gasteiger partial charge on any atom is -0.339 e. The van der Waals surface area contributed by atoms with Crippen LogP contribution in [0.3, 0.4) is 0 Å². The molecule has 1 saturated heterocycles. The fraction of sp³-hybridized carbons (Fsp3) is 0.833. The average molecular weight is 238 g/mol. The van der Waals surface area contributed by atoms with E-state index in [-0.39, 0.29) is 5.41 Å². The summed E-state index contributed by atoms with van der Waals surface area (Å²) in [6.07, 6.45) is 1.18. The molecule has 1 fully saturated rings. The lowest BCUT2D eigenvalue weighted by Gasteiger charge is -2.13. The topological polar surface area (TPSA) is 68.2 Å². The Morgan fingerprint density at radius 1 is 1.47 bits per heavy atom. The number of hydrogen-bond acceptors (Lipinski definition) is 5. The third-order valence-electron chi connectivity index (χ3n) is 3.18. The van der Waals surface area contributed by atoms with Crippen LogP contribution in [0.2, 0.25) is 0 Å². The standard InChI is InChI=1S/C12H22N4O/c1-12(2,3)11-14-10(15-17-11)8-16-5-4-9(6-13)7-16/h9H,4-8,13H2,1-3H3. The summed E-state index contributed by atoms with van der Waals surface area (Å²) in [5, 5.41) is 4.04. The average Bonchev–Trinajstić information content (AvgIpc) is 2.86. The number of aromatic nitrogens is 2. The molecule has 0 radical (unpaired) electrons. The van der Waals surface area contributed by atoms with Gasteiger partial charge in [-0.2, -0.15) is 4.98 Å². The third-order valence-corrected chi connectivity index (χ3v) is 3.18. The molecule has 5 nitrogen and oxygen atoms in total. The molecule has 2 N–H and O–H groups in total. The molecule has 17 heavy (non-hydrogen) atoms. The molecule has 1 aliphatic rings. The molecule has 1 unspecified atom stereocenters. The van der Waals surface area contributed by atoms with Crippen molar-refractivity contribution < 1.29 is 4.52 Å². The molecule has 0 aliphatic carbocycles. The Morgan fingerprint density at radius 2 is 2.24 bits per heavy atom. The van der Waals surface area contributed by atoms with E-state index in [1.54, 1.807) is 0 Å². The zero-order valence-electron chi connectivity index (χ0n) is 10.9. The summed E-state index contributed by atoms with van der Waals surface area (Å²) in [6.45, 7) is 9.91. The first kappa shape index (κ1) is 12.5. The number of rotatable bonds is 3. The van der Waals surface area contributed by atoms with Crippen LogP contribution in [0, 0.1) is 5.92 Å². The van der Waals surface area contributed by atoms with Crippen LogP contribution >= 0.6 is 0 Å². The van der Waals surface area contributed by atoms with Crippen molar-refractivity contribution in [2.75, 3.05) is 19.6 Å². The van der Waals surface area contributed by atoms with Gasteiger partial charge >= 0.3 is 0 Å². The third kappa shape index (κ3) is 3.04. The largest absolute Gasteiger partial charge is 0.339 e. The van der Waals surface area contributed by atoms with E-state index >= 15 is 0 Å². The summed E-state index contributed by atoms with van der Waals surface area (Å²) >= 11 is 0. The van der Waals surface area contributed by atoms with E-state index in [9.17, 15) is 0 Å². The highest BCUT2D eigenvalue weighted by molar-refractivity contribution is 4.98. The second kappa shape index (κ2) is 4.74. The van der Waals surface area contributed by atoms with Crippen molar-refractivity contribution in [3.8, 4) is 0 Å². The van der Waals surface area contributed by atoms with Crippen LogP contribution in [0.15, 0.2) is 4.52 Å². The van der Waals surface area contributed by atoms with Crippen molar-refractivity contribution in [1.82, 2.24) is 15.0 Å². The van der Waals surface area contributed by atoms with Gasteiger partial charge in [0.05, 0.1) is 6.54 Å². The smallest absolute Gasteiger partial charge is 0.232 e. The number of nitrogens with two attached hydrogens (primary N) is 1. The first-order chi connectivity index (χ1) is 7.99. The lowest BCUT2D eigenvalue weighted by atomic mass is 9.97. The maximum Gasteiger partial charge on any atom is 0.232 e. The Bertz CT molecular complexity index is 369. The van der Waals surface area contributed by atoms with Crippen molar-refractivity contribution in [3.63, 3.8) is 0 Å². The van der Waals surface area contributed by atoms with Crippen molar-refractivity contribution in [3.05, 3.63) is 11.7 Å². The summed E-state index contributed by atoms with van der Waals surface area (Å²) in [6, 6.07) is 0. The van der Waals surface area contributed by atoms with Gasteiger partial charge in [0, 0.05) is 12.0 Å². The Kier molecular flexibility index (Phi) is 3.49. The molecule has 1 atom stereocenters. The van der Waals surface area contributed by atoms with Crippen molar-refractivity contribution in [2.24, 2.45) is 11.7 Å². The molecule has 2 heterocycles. The van der Waals surface area contributed by atoms with Crippen LogP contribution in [0.5, 0.6) is 0 Å². The molecule has 0 aromatic carbocycles. The minimum atomic E-state index is -0.0734. The molecule has 0 bridgehead atoms. The highest BCUT2D eigenvalue weighted by Gasteiger charge is 2.25. The summed E-state index contributed by atoms with van der Waals surface area (Å²) in [4.78, 5) is 6.79. The maximum atomic E-state index is 5.67. The highest BCUT2D eigenvalue weighted by atomic mass is 16.5. The number of nitrogens with zero attached hydrogens (tertiary/aromatic N) is 3. The van der Waals surface area contributed by atoms with Crippen LogP contribution in [0.4, 0.5) is 0 Å². The lowest BCUT2D eigenvalue weighted by Crippen LogP contribution is -2.23. The molecule has 2 rings (SSSR count). The van der Waals surface area contributed by atoms with Crippen LogP contribution in [0.25, 0.3) is 0 Å². The van der Waals surface area contributed by atoms with Crippen molar-refractivity contribution >= 4 is 0 Å². The minimum absolute atomic E-state index is 0.0734. The molecule has 1 aliphatic heterocycles. The van der Waals surface area contributed by atoms with Gasteiger partial charge in [0.1, 0.15) is 0 Å². The van der Waals surface area contributed by atoms with Crippen molar-refractivity contribution in [1.29, 1.82) is 0 Å². The fourth-order valence-corrected chi connectivity index (χ4v) is 2.07. The van der Waals surface area contributed by atoms with E-state index in [0.717, 1.165) is 32.0 Å². The first-order valence-electron chi connectivity index (χ1n) is 6.24. The van der Waals surface area contributed by atoms with Gasteiger partial charge in [-0.25, -0.2) is 0 Å². The molecule has 1 aromatic heterocycles. The van der Waals surface area contributed by atoms with Crippen LogP contribution < -0.4 is 5.73 Å². The summed E-state index contributed by atoms with van der Waals surface area (Å²) in [5.74, 6) is 2.12. The van der Waals surface area contributed by atoms with Gasteiger partial charge in [0.25, 0.3) is 0 Å². The van der Waals surface area contributed by atoms with E-state index in [2.05, 4.69) is 35.8 Å².